The van der Waals surface area contributed by atoms with Crippen LogP contribution in [0.1, 0.15) is 62.1 Å². The predicted molar refractivity (Wildman–Crippen MR) is 151 cm³/mol. The number of carbonyl (C=O) groups excluding carboxylic acids is 2. The van der Waals surface area contributed by atoms with Crippen LogP contribution in [0.4, 0.5) is 5.69 Å². The SMILES string of the molecule is CC[C@H](C(=O)NC1CCCCC1)N(Cc1ccccc1C)C(=O)CN(c1cc(C)ccc1OC)S(C)(=O)=O. The van der Waals surface area contributed by atoms with E-state index in [2.05, 4.69) is 5.32 Å². The lowest BCUT2D eigenvalue weighted by Crippen LogP contribution is -2.54. The van der Waals surface area contributed by atoms with Gasteiger partial charge in [-0.1, -0.05) is 56.5 Å². The van der Waals surface area contributed by atoms with Gasteiger partial charge in [0.2, 0.25) is 21.8 Å². The third-order valence-electron chi connectivity index (χ3n) is 7.22. The van der Waals surface area contributed by atoms with Gasteiger partial charge in [0.1, 0.15) is 18.3 Å². The largest absolute Gasteiger partial charge is 0.495 e. The number of rotatable bonds is 11. The number of hydrogen-bond donors (Lipinski definition) is 1. The van der Waals surface area contributed by atoms with Gasteiger partial charge in [0.05, 0.1) is 19.1 Å². The number of aryl methyl sites for hydroxylation is 2. The van der Waals surface area contributed by atoms with Crippen molar-refractivity contribution in [3.8, 4) is 5.75 Å². The van der Waals surface area contributed by atoms with Gasteiger partial charge in [-0.3, -0.25) is 13.9 Å². The summed E-state index contributed by atoms with van der Waals surface area (Å²) in [7, 11) is -2.39. The number of amides is 2. The maximum Gasteiger partial charge on any atom is 0.244 e. The van der Waals surface area contributed by atoms with E-state index in [0.717, 1.165) is 52.9 Å². The molecule has 38 heavy (non-hydrogen) atoms. The van der Waals surface area contributed by atoms with Crippen LogP contribution in [0.2, 0.25) is 0 Å². The first-order valence-corrected chi connectivity index (χ1v) is 15.2. The molecule has 0 spiro atoms. The summed E-state index contributed by atoms with van der Waals surface area (Å²) in [5.74, 6) is -0.297. The van der Waals surface area contributed by atoms with Gasteiger partial charge < -0.3 is 15.0 Å². The minimum Gasteiger partial charge on any atom is -0.495 e. The molecular formula is C29H41N3O5S. The molecule has 3 rings (SSSR count). The van der Waals surface area contributed by atoms with Crippen molar-refractivity contribution in [2.45, 2.75) is 77.9 Å². The van der Waals surface area contributed by atoms with Crippen LogP contribution < -0.4 is 14.4 Å². The van der Waals surface area contributed by atoms with Gasteiger partial charge in [-0.15, -0.1) is 0 Å². The highest BCUT2D eigenvalue weighted by molar-refractivity contribution is 7.92. The Balaban J connectivity index is 1.97. The van der Waals surface area contributed by atoms with Gasteiger partial charge in [0, 0.05) is 12.6 Å². The lowest BCUT2D eigenvalue weighted by molar-refractivity contribution is -0.140. The van der Waals surface area contributed by atoms with Crippen LogP contribution in [-0.4, -0.2) is 57.1 Å². The maximum absolute atomic E-state index is 14.0. The van der Waals surface area contributed by atoms with E-state index < -0.39 is 28.5 Å². The Kier molecular flexibility index (Phi) is 10.2. The number of nitrogens with zero attached hydrogens (tertiary/aromatic N) is 2. The van der Waals surface area contributed by atoms with Crippen LogP contribution in [-0.2, 0) is 26.2 Å². The molecule has 0 aromatic heterocycles. The van der Waals surface area contributed by atoms with E-state index in [0.29, 0.717) is 17.9 Å². The van der Waals surface area contributed by atoms with Crippen LogP contribution in [0.5, 0.6) is 5.75 Å². The molecule has 2 amide bonds. The topological polar surface area (TPSA) is 96.0 Å². The highest BCUT2D eigenvalue weighted by Crippen LogP contribution is 2.31. The maximum atomic E-state index is 14.0. The molecule has 2 aromatic carbocycles. The Morgan fingerprint density at radius 2 is 1.76 bits per heavy atom. The second-order valence-electron chi connectivity index (χ2n) is 10.2. The fraction of sp³-hybridized carbons (Fsp3) is 0.517. The number of sulfonamides is 1. The summed E-state index contributed by atoms with van der Waals surface area (Å²) >= 11 is 0. The molecule has 0 saturated heterocycles. The van der Waals surface area contributed by atoms with Crippen LogP contribution in [0.25, 0.3) is 0 Å². The van der Waals surface area contributed by atoms with E-state index in [4.69, 9.17) is 4.74 Å². The molecule has 1 atom stereocenters. The second-order valence-corrected chi connectivity index (χ2v) is 12.1. The molecule has 1 saturated carbocycles. The monoisotopic (exact) mass is 543 g/mol. The lowest BCUT2D eigenvalue weighted by atomic mass is 9.95. The fourth-order valence-corrected chi connectivity index (χ4v) is 5.87. The van der Waals surface area contributed by atoms with E-state index in [1.54, 1.807) is 12.1 Å². The molecule has 9 heteroatoms. The average Bonchev–Trinajstić information content (AvgIpc) is 2.88. The number of carbonyl (C=O) groups is 2. The smallest absolute Gasteiger partial charge is 0.244 e. The Morgan fingerprint density at radius 3 is 2.37 bits per heavy atom. The van der Waals surface area contributed by atoms with Crippen molar-refractivity contribution in [1.29, 1.82) is 0 Å². The number of benzene rings is 2. The fourth-order valence-electron chi connectivity index (χ4n) is 5.02. The number of methoxy groups -OCH3 is 1. The molecular weight excluding hydrogens is 502 g/mol. The van der Waals surface area contributed by atoms with Crippen LogP contribution in [0, 0.1) is 13.8 Å². The summed E-state index contributed by atoms with van der Waals surface area (Å²) < 4.78 is 32.4. The first kappa shape index (κ1) is 29.5. The van der Waals surface area contributed by atoms with Crippen molar-refractivity contribution >= 4 is 27.5 Å². The number of anilines is 1. The van der Waals surface area contributed by atoms with Crippen molar-refractivity contribution in [3.05, 3.63) is 59.2 Å². The second kappa shape index (κ2) is 13.1. The van der Waals surface area contributed by atoms with E-state index in [9.17, 15) is 18.0 Å². The van der Waals surface area contributed by atoms with E-state index in [1.165, 1.54) is 18.4 Å². The third kappa shape index (κ3) is 7.49. The first-order chi connectivity index (χ1) is 18.0. The molecule has 1 aliphatic rings. The minimum atomic E-state index is -3.85. The molecule has 1 N–H and O–H groups in total. The van der Waals surface area contributed by atoms with Crippen molar-refractivity contribution in [3.63, 3.8) is 0 Å². The van der Waals surface area contributed by atoms with Gasteiger partial charge >= 0.3 is 0 Å². The highest BCUT2D eigenvalue weighted by atomic mass is 32.2. The van der Waals surface area contributed by atoms with Gasteiger partial charge in [-0.25, -0.2) is 8.42 Å². The number of hydrogen-bond acceptors (Lipinski definition) is 5. The minimum absolute atomic E-state index is 0.102. The Bertz CT molecular complexity index is 1220. The summed E-state index contributed by atoms with van der Waals surface area (Å²) in [5, 5.41) is 3.16. The summed E-state index contributed by atoms with van der Waals surface area (Å²) in [6.45, 7) is 5.43. The van der Waals surface area contributed by atoms with Gasteiger partial charge in [0.25, 0.3) is 0 Å². The third-order valence-corrected chi connectivity index (χ3v) is 8.35. The van der Waals surface area contributed by atoms with Gasteiger partial charge in [0.15, 0.2) is 0 Å². The zero-order chi connectivity index (χ0) is 27.9. The molecule has 0 radical (unpaired) electrons. The Hall–Kier alpha value is -3.07. The molecule has 0 aliphatic heterocycles. The molecule has 0 unspecified atom stereocenters. The first-order valence-electron chi connectivity index (χ1n) is 13.3. The molecule has 8 nitrogen and oxygen atoms in total. The quantitative estimate of drug-likeness (QED) is 0.455. The standard InChI is InChI=1S/C29H41N3O5S/c1-6-25(29(34)30-24-14-8-7-9-15-24)31(19-23-13-11-10-12-22(23)3)28(33)20-32(38(5,35)36)26-18-21(2)16-17-27(26)37-4/h10-13,16-18,24-25H,6-9,14-15,19-20H2,1-5H3,(H,30,34)/t25-/m1/s1. The summed E-state index contributed by atoms with van der Waals surface area (Å²) in [6.07, 6.45) is 6.67. The highest BCUT2D eigenvalue weighted by Gasteiger charge is 2.33. The summed E-state index contributed by atoms with van der Waals surface area (Å²) in [4.78, 5) is 29.0. The van der Waals surface area contributed by atoms with Crippen LogP contribution in [0.3, 0.4) is 0 Å². The molecule has 208 valence electrons. The normalized spacial score (nSPS) is 15.0. The molecule has 1 fully saturated rings. The van der Waals surface area contributed by atoms with Gasteiger partial charge in [-0.2, -0.15) is 0 Å². The molecule has 0 bridgehead atoms. The lowest BCUT2D eigenvalue weighted by Gasteiger charge is -2.34. The zero-order valence-corrected chi connectivity index (χ0v) is 24.0. The molecule has 0 heterocycles. The predicted octanol–water partition coefficient (Wildman–Crippen LogP) is 4.33. The van der Waals surface area contributed by atoms with Crippen LogP contribution >= 0.6 is 0 Å². The number of ether oxygens (including phenoxy) is 1. The van der Waals surface area contributed by atoms with Crippen molar-refractivity contribution in [1.82, 2.24) is 10.2 Å². The Morgan fingerprint density at radius 1 is 1.08 bits per heavy atom. The summed E-state index contributed by atoms with van der Waals surface area (Å²) in [6, 6.07) is 12.3. The van der Waals surface area contributed by atoms with E-state index in [-0.39, 0.29) is 18.5 Å². The van der Waals surface area contributed by atoms with Crippen molar-refractivity contribution in [2.75, 3.05) is 24.2 Å². The van der Waals surface area contributed by atoms with Crippen molar-refractivity contribution in [2.24, 2.45) is 0 Å². The average molecular weight is 544 g/mol. The Labute approximate surface area is 227 Å². The zero-order valence-electron chi connectivity index (χ0n) is 23.2. The molecule has 1 aliphatic carbocycles. The van der Waals surface area contributed by atoms with Crippen molar-refractivity contribution < 1.29 is 22.7 Å². The summed E-state index contributed by atoms with van der Waals surface area (Å²) in [5.41, 5.74) is 3.02. The van der Waals surface area contributed by atoms with Gasteiger partial charge in [-0.05, 0) is 61.9 Å². The number of nitrogens with one attached hydrogen (secondary N) is 1. The van der Waals surface area contributed by atoms with E-state index >= 15 is 0 Å². The van der Waals surface area contributed by atoms with E-state index in [1.807, 2.05) is 51.1 Å². The van der Waals surface area contributed by atoms with Crippen LogP contribution in [0.15, 0.2) is 42.5 Å². The molecule has 2 aromatic rings.